The van der Waals surface area contributed by atoms with Crippen LogP contribution in [0.25, 0.3) is 11.4 Å². The van der Waals surface area contributed by atoms with Gasteiger partial charge in [-0.15, -0.1) is 22.7 Å². The van der Waals surface area contributed by atoms with Crippen molar-refractivity contribution < 1.29 is 14.3 Å². The Balaban J connectivity index is 2.55. The Hall–Kier alpha value is -1.46. The van der Waals surface area contributed by atoms with Gasteiger partial charge in [0, 0.05) is 4.88 Å². The first kappa shape index (κ1) is 11.0. The van der Waals surface area contributed by atoms with Gasteiger partial charge in [0.05, 0.1) is 4.88 Å². The van der Waals surface area contributed by atoms with Gasteiger partial charge in [0.25, 0.3) is 0 Å². The van der Waals surface area contributed by atoms with Gasteiger partial charge < -0.3 is 5.11 Å². The van der Waals surface area contributed by atoms with E-state index in [-0.39, 0.29) is 5.57 Å². The lowest BCUT2D eigenvalue weighted by atomic mass is 10.2. The van der Waals surface area contributed by atoms with Crippen LogP contribution in [0.2, 0.25) is 0 Å². The average molecular weight is 254 g/mol. The number of thiophene rings is 2. The second kappa shape index (κ2) is 4.59. The van der Waals surface area contributed by atoms with Gasteiger partial charge in [0.2, 0.25) is 0 Å². The highest BCUT2D eigenvalue weighted by molar-refractivity contribution is 7.12. The zero-order valence-electron chi connectivity index (χ0n) is 8.01. The Morgan fingerprint density at radius 2 is 1.69 bits per heavy atom. The molecular formula is C11H7FO2S2. The highest BCUT2D eigenvalue weighted by Gasteiger charge is 2.19. The highest BCUT2D eigenvalue weighted by atomic mass is 32.1. The van der Waals surface area contributed by atoms with Gasteiger partial charge >= 0.3 is 5.97 Å². The Morgan fingerprint density at radius 1 is 1.12 bits per heavy atom. The first-order valence-corrected chi connectivity index (χ1v) is 6.17. The molecule has 5 heteroatoms. The van der Waals surface area contributed by atoms with E-state index in [0.717, 1.165) is 0 Å². The maximum atomic E-state index is 14.0. The monoisotopic (exact) mass is 254 g/mol. The molecule has 0 amide bonds. The summed E-state index contributed by atoms with van der Waals surface area (Å²) in [6.45, 7) is 0. The fourth-order valence-corrected chi connectivity index (χ4v) is 2.68. The van der Waals surface area contributed by atoms with E-state index in [1.165, 1.54) is 22.7 Å². The summed E-state index contributed by atoms with van der Waals surface area (Å²) >= 11 is 2.39. The van der Waals surface area contributed by atoms with Crippen molar-refractivity contribution in [1.29, 1.82) is 0 Å². The van der Waals surface area contributed by atoms with Crippen LogP contribution >= 0.6 is 22.7 Å². The molecule has 0 spiro atoms. The van der Waals surface area contributed by atoms with Gasteiger partial charge in [0.1, 0.15) is 5.57 Å². The van der Waals surface area contributed by atoms with Crippen molar-refractivity contribution >= 4 is 40.0 Å². The molecule has 2 aromatic heterocycles. The summed E-state index contributed by atoms with van der Waals surface area (Å²) in [6, 6.07) is 6.55. The van der Waals surface area contributed by atoms with E-state index < -0.39 is 11.8 Å². The van der Waals surface area contributed by atoms with Crippen molar-refractivity contribution in [2.75, 3.05) is 0 Å². The van der Waals surface area contributed by atoms with Crippen LogP contribution in [0.1, 0.15) is 9.75 Å². The normalized spacial score (nSPS) is 12.3. The third kappa shape index (κ3) is 2.05. The number of hydrogen-bond acceptors (Lipinski definition) is 3. The molecular weight excluding hydrogens is 247 g/mol. The van der Waals surface area contributed by atoms with E-state index in [2.05, 4.69) is 0 Å². The van der Waals surface area contributed by atoms with E-state index in [9.17, 15) is 9.18 Å². The third-order valence-electron chi connectivity index (χ3n) is 1.94. The van der Waals surface area contributed by atoms with E-state index in [1.54, 1.807) is 35.0 Å². The SMILES string of the molecule is O=C(O)C(=C(F)c1cccs1)c1cccs1. The highest BCUT2D eigenvalue weighted by Crippen LogP contribution is 2.32. The van der Waals surface area contributed by atoms with Crippen LogP contribution in [0.3, 0.4) is 0 Å². The summed E-state index contributed by atoms with van der Waals surface area (Å²) in [4.78, 5) is 11.8. The van der Waals surface area contributed by atoms with Crippen LogP contribution in [-0.4, -0.2) is 11.1 Å². The molecule has 2 nitrogen and oxygen atoms in total. The minimum absolute atomic E-state index is 0.266. The molecule has 0 saturated heterocycles. The number of carbonyl (C=O) groups is 1. The fourth-order valence-electron chi connectivity index (χ4n) is 1.25. The maximum absolute atomic E-state index is 14.0. The van der Waals surface area contributed by atoms with Crippen LogP contribution in [0, 0.1) is 0 Å². The number of rotatable bonds is 3. The molecule has 0 radical (unpaired) electrons. The molecule has 0 atom stereocenters. The van der Waals surface area contributed by atoms with Gasteiger partial charge in [-0.2, -0.15) is 0 Å². The van der Waals surface area contributed by atoms with Crippen molar-refractivity contribution in [1.82, 2.24) is 0 Å². The van der Waals surface area contributed by atoms with Gasteiger partial charge in [-0.3, -0.25) is 0 Å². The van der Waals surface area contributed by atoms with E-state index >= 15 is 0 Å². The molecule has 0 aromatic carbocycles. The zero-order chi connectivity index (χ0) is 11.5. The Labute approximate surface area is 99.3 Å². The molecule has 2 rings (SSSR count). The quantitative estimate of drug-likeness (QED) is 0.847. The summed E-state index contributed by atoms with van der Waals surface area (Å²) in [7, 11) is 0. The Morgan fingerprint density at radius 3 is 2.12 bits per heavy atom. The predicted octanol–water partition coefficient (Wildman–Crippen LogP) is 3.73. The van der Waals surface area contributed by atoms with E-state index in [4.69, 9.17) is 5.11 Å². The molecule has 2 heterocycles. The maximum Gasteiger partial charge on any atom is 0.340 e. The van der Waals surface area contributed by atoms with Crippen LogP contribution in [0.15, 0.2) is 35.0 Å². The minimum atomic E-state index is -1.24. The van der Waals surface area contributed by atoms with Gasteiger partial charge in [-0.1, -0.05) is 12.1 Å². The summed E-state index contributed by atoms with van der Waals surface area (Å²) in [5.41, 5.74) is -0.266. The lowest BCUT2D eigenvalue weighted by Crippen LogP contribution is -1.99. The van der Waals surface area contributed by atoms with Gasteiger partial charge in [-0.25, -0.2) is 9.18 Å². The lowest BCUT2D eigenvalue weighted by Gasteiger charge is -2.00. The zero-order valence-corrected chi connectivity index (χ0v) is 9.65. The number of carboxylic acid groups (broad SMARTS) is 1. The van der Waals surface area contributed by atoms with Crippen LogP contribution in [-0.2, 0) is 4.79 Å². The van der Waals surface area contributed by atoms with Crippen LogP contribution in [0.4, 0.5) is 4.39 Å². The van der Waals surface area contributed by atoms with Crippen molar-refractivity contribution in [3.63, 3.8) is 0 Å². The molecule has 0 aliphatic heterocycles. The van der Waals surface area contributed by atoms with Crippen molar-refractivity contribution in [2.45, 2.75) is 0 Å². The number of carboxylic acids is 1. The second-order valence-corrected chi connectivity index (χ2v) is 4.84. The van der Waals surface area contributed by atoms with E-state index in [0.29, 0.717) is 9.75 Å². The molecule has 2 aromatic rings. The molecule has 0 saturated carbocycles. The van der Waals surface area contributed by atoms with Gasteiger partial charge in [-0.05, 0) is 22.9 Å². The number of aliphatic carboxylic acids is 1. The molecule has 16 heavy (non-hydrogen) atoms. The topological polar surface area (TPSA) is 37.3 Å². The van der Waals surface area contributed by atoms with Crippen molar-refractivity contribution in [2.24, 2.45) is 0 Å². The lowest BCUT2D eigenvalue weighted by molar-refractivity contribution is -0.130. The summed E-state index contributed by atoms with van der Waals surface area (Å²) < 4.78 is 14.0. The van der Waals surface area contributed by atoms with Crippen LogP contribution < -0.4 is 0 Å². The number of halogens is 1. The molecule has 0 aliphatic rings. The van der Waals surface area contributed by atoms with Gasteiger partial charge in [0.15, 0.2) is 5.83 Å². The molecule has 82 valence electrons. The first-order valence-electron chi connectivity index (χ1n) is 4.41. The first-order chi connectivity index (χ1) is 7.70. The summed E-state index contributed by atoms with van der Waals surface area (Å²) in [6.07, 6.45) is 0. The Bertz CT molecular complexity index is 512. The minimum Gasteiger partial charge on any atom is -0.478 e. The third-order valence-corrected chi connectivity index (χ3v) is 3.69. The molecule has 1 N–H and O–H groups in total. The molecule has 0 unspecified atom stereocenters. The Kier molecular flexibility index (Phi) is 3.17. The smallest absolute Gasteiger partial charge is 0.340 e. The largest absolute Gasteiger partial charge is 0.478 e. The standard InChI is InChI=1S/C11H7FO2S2/c12-10(8-4-2-6-16-8)9(11(13)14)7-3-1-5-15-7/h1-6H,(H,13,14). The number of hydrogen-bond donors (Lipinski definition) is 1. The summed E-state index contributed by atoms with van der Waals surface area (Å²) in [5, 5.41) is 12.5. The predicted molar refractivity (Wildman–Crippen MR) is 64.2 cm³/mol. The molecule has 0 aliphatic carbocycles. The van der Waals surface area contributed by atoms with Crippen molar-refractivity contribution in [3.05, 3.63) is 44.8 Å². The van der Waals surface area contributed by atoms with E-state index in [1.807, 2.05) is 0 Å². The molecule has 0 fully saturated rings. The fraction of sp³-hybridized carbons (Fsp3) is 0. The summed E-state index contributed by atoms with van der Waals surface area (Å²) in [5.74, 6) is -1.92. The average Bonchev–Trinajstić information content (AvgIpc) is 2.89. The van der Waals surface area contributed by atoms with Crippen molar-refractivity contribution in [3.8, 4) is 0 Å². The van der Waals surface area contributed by atoms with Crippen LogP contribution in [0.5, 0.6) is 0 Å². The second-order valence-electron chi connectivity index (χ2n) is 2.95. The molecule has 0 bridgehead atoms.